The summed E-state index contributed by atoms with van der Waals surface area (Å²) < 4.78 is 21.4. The second-order valence-electron chi connectivity index (χ2n) is 7.17. The SMILES string of the molecule is CCOC(=O)O[C@H]1CC[C@@]2(c3ccc(OC)c(OC)c3)CCN(C)[C@H]2C1. The summed E-state index contributed by atoms with van der Waals surface area (Å²) in [5, 5.41) is 0. The summed E-state index contributed by atoms with van der Waals surface area (Å²) in [5.74, 6) is 1.51. The van der Waals surface area contributed by atoms with Gasteiger partial charge in [-0.25, -0.2) is 4.79 Å². The molecule has 6 heteroatoms. The summed E-state index contributed by atoms with van der Waals surface area (Å²) >= 11 is 0. The maximum Gasteiger partial charge on any atom is 0.508 e. The number of fused-ring (bicyclic) bond motifs is 1. The lowest BCUT2D eigenvalue weighted by atomic mass is 9.65. The molecule has 1 saturated heterocycles. The molecule has 2 aliphatic rings. The molecular weight excluding hydrogens is 334 g/mol. The summed E-state index contributed by atoms with van der Waals surface area (Å²) in [4.78, 5) is 14.1. The average Bonchev–Trinajstić information content (AvgIpc) is 2.99. The molecule has 1 aliphatic heterocycles. The van der Waals surface area contributed by atoms with Gasteiger partial charge >= 0.3 is 6.16 Å². The topological polar surface area (TPSA) is 57.2 Å². The Labute approximate surface area is 155 Å². The zero-order valence-electron chi connectivity index (χ0n) is 16.1. The number of likely N-dealkylation sites (tertiary alicyclic amines) is 1. The third-order valence-electron chi connectivity index (χ3n) is 5.96. The predicted octanol–water partition coefficient (Wildman–Crippen LogP) is 3.37. The molecule has 0 bridgehead atoms. The van der Waals surface area contributed by atoms with Crippen LogP contribution in [0.5, 0.6) is 11.5 Å². The van der Waals surface area contributed by atoms with Crippen molar-refractivity contribution in [1.29, 1.82) is 0 Å². The Hall–Kier alpha value is -1.95. The zero-order chi connectivity index (χ0) is 18.7. The van der Waals surface area contributed by atoms with E-state index in [0.29, 0.717) is 12.6 Å². The van der Waals surface area contributed by atoms with E-state index in [1.54, 1.807) is 21.1 Å². The molecule has 3 atom stereocenters. The van der Waals surface area contributed by atoms with E-state index in [-0.39, 0.29) is 11.5 Å². The standard InChI is InChI=1S/C20H29NO5/c1-5-25-19(22)26-15-8-9-20(10-11-21(2)18(20)13-15)14-6-7-16(23-3)17(12-14)24-4/h6-7,12,15,18H,5,8-11,13H2,1-4H3/t15-,18-,20-/m0/s1. The van der Waals surface area contributed by atoms with Gasteiger partial charge in [-0.1, -0.05) is 6.07 Å². The molecule has 0 spiro atoms. The average molecular weight is 363 g/mol. The fourth-order valence-electron chi connectivity index (χ4n) is 4.62. The summed E-state index contributed by atoms with van der Waals surface area (Å²) in [6.07, 6.45) is 3.09. The number of nitrogens with zero attached hydrogens (tertiary/aromatic N) is 1. The van der Waals surface area contributed by atoms with Crippen molar-refractivity contribution < 1.29 is 23.7 Å². The minimum absolute atomic E-state index is 0.0584. The summed E-state index contributed by atoms with van der Waals surface area (Å²) in [6.45, 7) is 3.16. The first-order valence-corrected chi connectivity index (χ1v) is 9.30. The Morgan fingerprint density at radius 1 is 1.23 bits per heavy atom. The van der Waals surface area contributed by atoms with E-state index in [1.165, 1.54) is 5.56 Å². The molecule has 0 amide bonds. The highest BCUT2D eigenvalue weighted by Gasteiger charge is 2.51. The quantitative estimate of drug-likeness (QED) is 0.748. The molecule has 1 heterocycles. The molecule has 6 nitrogen and oxygen atoms in total. The Kier molecular flexibility index (Phi) is 5.61. The van der Waals surface area contributed by atoms with E-state index < -0.39 is 6.16 Å². The molecular formula is C20H29NO5. The molecule has 26 heavy (non-hydrogen) atoms. The molecule has 1 aromatic carbocycles. The molecule has 3 rings (SSSR count). The fourth-order valence-corrected chi connectivity index (χ4v) is 4.62. The predicted molar refractivity (Wildman–Crippen MR) is 98.0 cm³/mol. The number of hydrogen-bond donors (Lipinski definition) is 0. The van der Waals surface area contributed by atoms with Gasteiger partial charge in [-0.15, -0.1) is 0 Å². The third-order valence-corrected chi connectivity index (χ3v) is 5.96. The fraction of sp³-hybridized carbons (Fsp3) is 0.650. The van der Waals surface area contributed by atoms with Crippen LogP contribution >= 0.6 is 0 Å². The lowest BCUT2D eigenvalue weighted by Gasteiger charge is -2.44. The van der Waals surface area contributed by atoms with Gasteiger partial charge in [0.05, 0.1) is 20.8 Å². The summed E-state index contributed by atoms with van der Waals surface area (Å²) in [6, 6.07) is 6.57. The zero-order valence-corrected chi connectivity index (χ0v) is 16.1. The number of methoxy groups -OCH3 is 2. The number of ether oxygens (including phenoxy) is 4. The molecule has 1 aromatic rings. The van der Waals surface area contributed by atoms with Crippen molar-refractivity contribution >= 4 is 6.16 Å². The van der Waals surface area contributed by atoms with Gasteiger partial charge < -0.3 is 23.8 Å². The summed E-state index contributed by atoms with van der Waals surface area (Å²) in [7, 11) is 5.47. The second-order valence-corrected chi connectivity index (χ2v) is 7.17. The molecule has 0 aromatic heterocycles. The number of likely N-dealkylation sites (N-methyl/N-ethyl adjacent to an activating group) is 1. The Morgan fingerprint density at radius 2 is 2.00 bits per heavy atom. The smallest absolute Gasteiger partial charge is 0.493 e. The van der Waals surface area contributed by atoms with Gasteiger partial charge in [0.1, 0.15) is 6.10 Å². The number of benzene rings is 1. The van der Waals surface area contributed by atoms with Crippen molar-refractivity contribution in [2.24, 2.45) is 0 Å². The van der Waals surface area contributed by atoms with E-state index in [4.69, 9.17) is 18.9 Å². The van der Waals surface area contributed by atoms with Crippen LogP contribution < -0.4 is 9.47 Å². The van der Waals surface area contributed by atoms with Gasteiger partial charge in [0.15, 0.2) is 11.5 Å². The molecule has 0 unspecified atom stereocenters. The lowest BCUT2D eigenvalue weighted by Crippen LogP contribution is -2.48. The van der Waals surface area contributed by atoms with Crippen LogP contribution in [0.3, 0.4) is 0 Å². The van der Waals surface area contributed by atoms with Crippen LogP contribution in [-0.2, 0) is 14.9 Å². The van der Waals surface area contributed by atoms with Crippen LogP contribution in [0.2, 0.25) is 0 Å². The van der Waals surface area contributed by atoms with E-state index in [9.17, 15) is 4.79 Å². The molecule has 144 valence electrons. The Balaban J connectivity index is 1.84. The van der Waals surface area contributed by atoms with E-state index in [2.05, 4.69) is 24.1 Å². The first kappa shape index (κ1) is 18.8. The highest BCUT2D eigenvalue weighted by molar-refractivity contribution is 5.60. The molecule has 1 aliphatic carbocycles. The monoisotopic (exact) mass is 363 g/mol. The maximum absolute atomic E-state index is 11.7. The van der Waals surface area contributed by atoms with E-state index in [0.717, 1.165) is 43.7 Å². The van der Waals surface area contributed by atoms with Crippen molar-refractivity contribution in [2.75, 3.05) is 34.4 Å². The Bertz CT molecular complexity index is 649. The van der Waals surface area contributed by atoms with Crippen molar-refractivity contribution in [3.05, 3.63) is 23.8 Å². The maximum atomic E-state index is 11.7. The van der Waals surface area contributed by atoms with Gasteiger partial charge in [0, 0.05) is 17.9 Å². The van der Waals surface area contributed by atoms with Crippen molar-refractivity contribution in [2.45, 2.75) is 50.2 Å². The van der Waals surface area contributed by atoms with Gasteiger partial charge in [-0.2, -0.15) is 0 Å². The first-order chi connectivity index (χ1) is 12.5. The van der Waals surface area contributed by atoms with Crippen LogP contribution in [0.4, 0.5) is 4.79 Å². The number of carbonyl (C=O) groups is 1. The minimum atomic E-state index is -0.559. The van der Waals surface area contributed by atoms with E-state index >= 15 is 0 Å². The van der Waals surface area contributed by atoms with Crippen LogP contribution in [0.1, 0.15) is 38.2 Å². The van der Waals surface area contributed by atoms with E-state index in [1.807, 2.05) is 6.07 Å². The van der Waals surface area contributed by atoms with Crippen molar-refractivity contribution in [3.63, 3.8) is 0 Å². The highest BCUT2D eigenvalue weighted by atomic mass is 16.7. The van der Waals surface area contributed by atoms with Crippen LogP contribution in [0.25, 0.3) is 0 Å². The largest absolute Gasteiger partial charge is 0.508 e. The Morgan fingerprint density at radius 3 is 2.69 bits per heavy atom. The van der Waals surface area contributed by atoms with Crippen molar-refractivity contribution in [1.82, 2.24) is 4.90 Å². The number of carbonyl (C=O) groups excluding carboxylic acids is 1. The van der Waals surface area contributed by atoms with Gasteiger partial charge in [-0.05, 0) is 57.5 Å². The summed E-state index contributed by atoms with van der Waals surface area (Å²) in [5.41, 5.74) is 1.34. The van der Waals surface area contributed by atoms with Crippen LogP contribution in [-0.4, -0.2) is 57.6 Å². The van der Waals surface area contributed by atoms with Gasteiger partial charge in [-0.3, -0.25) is 0 Å². The van der Waals surface area contributed by atoms with Gasteiger partial charge in [0.2, 0.25) is 0 Å². The minimum Gasteiger partial charge on any atom is -0.493 e. The molecule has 0 radical (unpaired) electrons. The number of rotatable bonds is 5. The first-order valence-electron chi connectivity index (χ1n) is 9.30. The molecule has 2 fully saturated rings. The third kappa shape index (κ3) is 3.34. The second kappa shape index (κ2) is 7.74. The van der Waals surface area contributed by atoms with Crippen LogP contribution in [0, 0.1) is 0 Å². The highest BCUT2D eigenvalue weighted by Crippen LogP contribution is 2.50. The normalized spacial score (nSPS) is 28.3. The van der Waals surface area contributed by atoms with Gasteiger partial charge in [0.25, 0.3) is 0 Å². The lowest BCUT2D eigenvalue weighted by molar-refractivity contribution is -0.00820. The van der Waals surface area contributed by atoms with Crippen LogP contribution in [0.15, 0.2) is 18.2 Å². The van der Waals surface area contributed by atoms with Crippen molar-refractivity contribution in [3.8, 4) is 11.5 Å². The molecule has 0 N–H and O–H groups in total. The number of hydrogen-bond acceptors (Lipinski definition) is 6. The molecule has 1 saturated carbocycles.